The van der Waals surface area contributed by atoms with E-state index in [1.807, 2.05) is 0 Å². The molecular weight excluding hydrogens is 440 g/mol. The predicted octanol–water partition coefficient (Wildman–Crippen LogP) is 1.27. The lowest BCUT2D eigenvalue weighted by molar-refractivity contribution is -0.271. The van der Waals surface area contributed by atoms with Gasteiger partial charge in [0.2, 0.25) is 12.2 Å². The van der Waals surface area contributed by atoms with E-state index in [1.165, 1.54) is 0 Å². The predicted molar refractivity (Wildman–Crippen MR) is 112 cm³/mol. The number of hydrogen-bond donors (Lipinski definition) is 2. The molecule has 0 aliphatic carbocycles. The Morgan fingerprint density at radius 2 is 1.45 bits per heavy atom. The molecule has 13 heteroatoms. The van der Waals surface area contributed by atoms with Crippen molar-refractivity contribution in [1.82, 2.24) is 5.32 Å². The topological polar surface area (TPSA) is 186 Å². The number of ether oxygens (including phenoxy) is 4. The molecule has 1 saturated heterocycles. The van der Waals surface area contributed by atoms with Crippen molar-refractivity contribution in [2.45, 2.75) is 89.9 Å². The Hall–Kier alpha value is -2.89. The standard InChI is InChI=1S/C20H32N4O9/c1-4-7-14(27)31-18-12(11-25)30-20(33-16(29)9-6-3)17(23-13(26)10-22-24-21)19(18)32-15(28)8-5-2/h12,17-20,25H,4-11H2,1-3H3,(H,23,26)/t12?,17?,18-,19+,20?/m0/s1. The number of esters is 3. The minimum absolute atomic E-state index is 0.0382. The van der Waals surface area contributed by atoms with Crippen molar-refractivity contribution in [2.24, 2.45) is 5.11 Å². The zero-order chi connectivity index (χ0) is 24.8. The minimum atomic E-state index is -1.46. The third kappa shape index (κ3) is 9.24. The summed E-state index contributed by atoms with van der Waals surface area (Å²) >= 11 is 0. The number of carbonyl (C=O) groups is 4. The van der Waals surface area contributed by atoms with Gasteiger partial charge in [0.05, 0.1) is 6.61 Å². The van der Waals surface area contributed by atoms with Gasteiger partial charge in [0.1, 0.15) is 18.7 Å². The van der Waals surface area contributed by atoms with Crippen molar-refractivity contribution < 1.29 is 43.2 Å². The number of nitrogens with one attached hydrogen (secondary N) is 1. The Balaban J connectivity index is 3.35. The lowest BCUT2D eigenvalue weighted by atomic mass is 9.96. The summed E-state index contributed by atoms with van der Waals surface area (Å²) in [5.74, 6) is -2.68. The zero-order valence-corrected chi connectivity index (χ0v) is 19.1. The molecule has 2 N–H and O–H groups in total. The van der Waals surface area contributed by atoms with Gasteiger partial charge in [-0.15, -0.1) is 0 Å². The number of azide groups is 1. The monoisotopic (exact) mass is 472 g/mol. The zero-order valence-electron chi connectivity index (χ0n) is 19.1. The summed E-state index contributed by atoms with van der Waals surface area (Å²) in [6, 6.07) is -1.30. The fourth-order valence-corrected chi connectivity index (χ4v) is 3.14. The first-order valence-electron chi connectivity index (χ1n) is 11.0. The molecule has 0 spiro atoms. The van der Waals surface area contributed by atoms with Crippen LogP contribution in [0.5, 0.6) is 0 Å². The van der Waals surface area contributed by atoms with E-state index in [4.69, 9.17) is 24.5 Å². The third-order valence-electron chi connectivity index (χ3n) is 4.58. The van der Waals surface area contributed by atoms with Gasteiger partial charge in [-0.1, -0.05) is 25.9 Å². The summed E-state index contributed by atoms with van der Waals surface area (Å²) in [7, 11) is 0. The van der Waals surface area contributed by atoms with E-state index in [0.29, 0.717) is 19.3 Å². The van der Waals surface area contributed by atoms with Crippen LogP contribution < -0.4 is 5.32 Å². The minimum Gasteiger partial charge on any atom is -0.456 e. The molecular formula is C20H32N4O9. The van der Waals surface area contributed by atoms with Crippen LogP contribution in [0, 0.1) is 0 Å². The maximum atomic E-state index is 12.3. The van der Waals surface area contributed by atoms with Crippen LogP contribution in [0.4, 0.5) is 0 Å². The molecule has 1 aliphatic rings. The van der Waals surface area contributed by atoms with Gasteiger partial charge >= 0.3 is 17.9 Å². The van der Waals surface area contributed by atoms with Crippen LogP contribution in [0.3, 0.4) is 0 Å². The number of aliphatic hydroxyl groups is 1. The second kappa shape index (κ2) is 15.0. The molecule has 1 aliphatic heterocycles. The highest BCUT2D eigenvalue weighted by atomic mass is 16.7. The summed E-state index contributed by atoms with van der Waals surface area (Å²) in [4.78, 5) is 51.5. The number of carbonyl (C=O) groups excluding carboxylic acids is 4. The van der Waals surface area contributed by atoms with Crippen LogP contribution in [0.2, 0.25) is 0 Å². The van der Waals surface area contributed by atoms with Crippen LogP contribution >= 0.6 is 0 Å². The van der Waals surface area contributed by atoms with E-state index in [2.05, 4.69) is 15.3 Å². The quantitative estimate of drug-likeness (QED) is 0.131. The van der Waals surface area contributed by atoms with Crippen molar-refractivity contribution in [3.63, 3.8) is 0 Å². The summed E-state index contributed by atoms with van der Waals surface area (Å²) in [5.41, 5.74) is 8.47. The number of rotatable bonds is 13. The molecule has 1 fully saturated rings. The molecule has 5 atom stereocenters. The number of nitrogens with zero attached hydrogens (tertiary/aromatic N) is 3. The highest BCUT2D eigenvalue weighted by molar-refractivity contribution is 5.79. The molecule has 0 aromatic heterocycles. The molecule has 0 aromatic rings. The van der Waals surface area contributed by atoms with Crippen LogP contribution in [0.15, 0.2) is 5.11 Å². The van der Waals surface area contributed by atoms with Gasteiger partial charge in [-0.2, -0.15) is 0 Å². The Bertz CT molecular complexity index is 726. The second-order valence-corrected chi connectivity index (χ2v) is 7.36. The Labute approximate surface area is 191 Å². The van der Waals surface area contributed by atoms with Gasteiger partial charge in [0, 0.05) is 24.2 Å². The van der Waals surface area contributed by atoms with E-state index in [-0.39, 0.29) is 19.3 Å². The fourth-order valence-electron chi connectivity index (χ4n) is 3.14. The first-order valence-corrected chi connectivity index (χ1v) is 11.0. The Morgan fingerprint density at radius 1 is 0.939 bits per heavy atom. The second-order valence-electron chi connectivity index (χ2n) is 7.36. The van der Waals surface area contributed by atoms with E-state index in [9.17, 15) is 24.3 Å². The summed E-state index contributed by atoms with van der Waals surface area (Å²) in [6.07, 6.45) is -3.71. The molecule has 0 aromatic carbocycles. The van der Waals surface area contributed by atoms with Crippen LogP contribution in [0.25, 0.3) is 10.4 Å². The molecule has 1 amide bonds. The Morgan fingerprint density at radius 3 is 1.94 bits per heavy atom. The smallest absolute Gasteiger partial charge is 0.308 e. The molecule has 3 unspecified atom stereocenters. The van der Waals surface area contributed by atoms with E-state index >= 15 is 0 Å². The van der Waals surface area contributed by atoms with Crippen LogP contribution in [-0.4, -0.2) is 72.7 Å². The lowest BCUT2D eigenvalue weighted by Gasteiger charge is -2.44. The van der Waals surface area contributed by atoms with Gasteiger partial charge in [-0.25, -0.2) is 0 Å². The molecule has 0 bridgehead atoms. The van der Waals surface area contributed by atoms with Crippen LogP contribution in [-0.2, 0) is 38.1 Å². The van der Waals surface area contributed by atoms with Crippen molar-refractivity contribution in [3.05, 3.63) is 10.4 Å². The molecule has 0 radical (unpaired) electrons. The lowest BCUT2D eigenvalue weighted by Crippen LogP contribution is -2.67. The highest BCUT2D eigenvalue weighted by Crippen LogP contribution is 2.28. The first kappa shape index (κ1) is 28.1. The Kier molecular flexibility index (Phi) is 12.8. The van der Waals surface area contributed by atoms with Gasteiger partial charge in [-0.05, 0) is 24.8 Å². The first-order chi connectivity index (χ1) is 15.8. The molecule has 1 rings (SSSR count). The van der Waals surface area contributed by atoms with Crippen molar-refractivity contribution in [3.8, 4) is 0 Å². The summed E-state index contributed by atoms with van der Waals surface area (Å²) in [5, 5.41) is 15.5. The summed E-state index contributed by atoms with van der Waals surface area (Å²) < 4.78 is 22.0. The average Bonchev–Trinajstić information content (AvgIpc) is 2.76. The van der Waals surface area contributed by atoms with E-state index in [0.717, 1.165) is 0 Å². The molecule has 0 saturated carbocycles. The van der Waals surface area contributed by atoms with E-state index in [1.54, 1.807) is 20.8 Å². The molecule has 33 heavy (non-hydrogen) atoms. The maximum absolute atomic E-state index is 12.3. The van der Waals surface area contributed by atoms with Crippen molar-refractivity contribution in [1.29, 1.82) is 0 Å². The van der Waals surface area contributed by atoms with Gasteiger partial charge in [0.25, 0.3) is 0 Å². The van der Waals surface area contributed by atoms with Gasteiger partial charge in [0.15, 0.2) is 12.2 Å². The average molecular weight is 472 g/mol. The molecule has 1 heterocycles. The van der Waals surface area contributed by atoms with Crippen molar-refractivity contribution in [2.75, 3.05) is 13.2 Å². The van der Waals surface area contributed by atoms with Crippen molar-refractivity contribution >= 4 is 23.8 Å². The number of amides is 1. The van der Waals surface area contributed by atoms with Crippen LogP contribution in [0.1, 0.15) is 59.3 Å². The number of aliphatic hydroxyl groups excluding tert-OH is 1. The van der Waals surface area contributed by atoms with Gasteiger partial charge < -0.3 is 29.4 Å². The van der Waals surface area contributed by atoms with Gasteiger partial charge in [-0.3, -0.25) is 19.2 Å². The van der Waals surface area contributed by atoms with E-state index < -0.39 is 67.6 Å². The number of hydrogen-bond acceptors (Lipinski definition) is 10. The largest absolute Gasteiger partial charge is 0.456 e. The third-order valence-corrected chi connectivity index (χ3v) is 4.58. The highest BCUT2D eigenvalue weighted by Gasteiger charge is 2.52. The molecule has 186 valence electrons. The normalized spacial score (nSPS) is 24.2. The maximum Gasteiger partial charge on any atom is 0.308 e. The molecule has 13 nitrogen and oxygen atoms in total. The SMILES string of the molecule is CCCC(=O)OC1OC(CO)[C@H](OC(=O)CCC)[C@H](OC(=O)CCC)C1NC(=O)CN=[N+]=[N-]. The fraction of sp³-hybridized carbons (Fsp3) is 0.800. The summed E-state index contributed by atoms with van der Waals surface area (Å²) in [6.45, 7) is 4.06.